The maximum absolute atomic E-state index is 5.98. The Hall–Kier alpha value is -0.160. The van der Waals surface area contributed by atoms with E-state index in [1.54, 1.807) is 7.11 Å². The van der Waals surface area contributed by atoms with Crippen molar-refractivity contribution in [3.8, 4) is 0 Å². The summed E-state index contributed by atoms with van der Waals surface area (Å²) < 4.78 is 5.37. The maximum Gasteiger partial charge on any atom is 0.0658 e. The van der Waals surface area contributed by atoms with Crippen LogP contribution in [-0.4, -0.2) is 68.3 Å². The number of methoxy groups -OCH3 is 1. The van der Waals surface area contributed by atoms with Crippen molar-refractivity contribution in [3.05, 3.63) is 0 Å². The molecule has 4 heteroatoms. The zero-order valence-electron chi connectivity index (χ0n) is 11.2. The van der Waals surface area contributed by atoms with E-state index in [1.165, 1.54) is 0 Å². The van der Waals surface area contributed by atoms with Crippen LogP contribution in [0.5, 0.6) is 0 Å². The summed E-state index contributed by atoms with van der Waals surface area (Å²) in [6.45, 7) is 9.18. The van der Waals surface area contributed by atoms with Crippen LogP contribution < -0.4 is 5.73 Å². The molecule has 1 rings (SSSR count). The van der Waals surface area contributed by atoms with Crippen LogP contribution in [0, 0.1) is 0 Å². The lowest BCUT2D eigenvalue weighted by atomic mass is 9.93. The fourth-order valence-electron chi connectivity index (χ4n) is 2.50. The number of hydrogen-bond acceptors (Lipinski definition) is 4. The summed E-state index contributed by atoms with van der Waals surface area (Å²) in [4.78, 5) is 4.92. The van der Waals surface area contributed by atoms with Gasteiger partial charge in [-0.3, -0.25) is 4.90 Å². The summed E-state index contributed by atoms with van der Waals surface area (Å²) in [6.07, 6.45) is 1.05. The molecule has 0 saturated carbocycles. The van der Waals surface area contributed by atoms with Gasteiger partial charge in [0.25, 0.3) is 0 Å². The summed E-state index contributed by atoms with van der Waals surface area (Å²) in [7, 11) is 3.95. The number of nitrogens with zero attached hydrogens (tertiary/aromatic N) is 2. The van der Waals surface area contributed by atoms with Gasteiger partial charge in [-0.1, -0.05) is 6.92 Å². The van der Waals surface area contributed by atoms with E-state index in [2.05, 4.69) is 30.7 Å². The Balaban J connectivity index is 2.71. The third-order valence-corrected chi connectivity index (χ3v) is 4.08. The van der Waals surface area contributed by atoms with Crippen LogP contribution in [0.2, 0.25) is 0 Å². The van der Waals surface area contributed by atoms with E-state index >= 15 is 0 Å². The van der Waals surface area contributed by atoms with E-state index in [4.69, 9.17) is 10.5 Å². The fourth-order valence-corrected chi connectivity index (χ4v) is 2.50. The number of ether oxygens (including phenoxy) is 1. The van der Waals surface area contributed by atoms with Gasteiger partial charge in [-0.15, -0.1) is 0 Å². The van der Waals surface area contributed by atoms with Gasteiger partial charge in [0.2, 0.25) is 0 Å². The van der Waals surface area contributed by atoms with Gasteiger partial charge < -0.3 is 15.4 Å². The number of piperazine rings is 1. The molecule has 1 aliphatic rings. The summed E-state index contributed by atoms with van der Waals surface area (Å²) >= 11 is 0. The van der Waals surface area contributed by atoms with E-state index < -0.39 is 0 Å². The number of hydrogen-bond donors (Lipinski definition) is 1. The smallest absolute Gasteiger partial charge is 0.0658 e. The molecule has 16 heavy (non-hydrogen) atoms. The Morgan fingerprint density at radius 2 is 2.12 bits per heavy atom. The lowest BCUT2D eigenvalue weighted by molar-refractivity contribution is -0.0269. The molecule has 2 unspecified atom stereocenters. The zero-order valence-corrected chi connectivity index (χ0v) is 11.2. The SMILES string of the molecule is CCC(CN)(COC)N1CCN(C)C(C)C1. The van der Waals surface area contributed by atoms with E-state index in [0.717, 1.165) is 32.7 Å². The molecule has 0 aromatic rings. The van der Waals surface area contributed by atoms with Gasteiger partial charge in [0.05, 0.1) is 12.1 Å². The molecule has 0 bridgehead atoms. The highest BCUT2D eigenvalue weighted by atomic mass is 16.5. The van der Waals surface area contributed by atoms with Gasteiger partial charge in [0.1, 0.15) is 0 Å². The van der Waals surface area contributed by atoms with Crippen molar-refractivity contribution in [3.63, 3.8) is 0 Å². The predicted octanol–water partition coefficient (Wildman–Crippen LogP) is 0.376. The van der Waals surface area contributed by atoms with Crippen LogP contribution in [0.4, 0.5) is 0 Å². The fraction of sp³-hybridized carbons (Fsp3) is 1.00. The minimum atomic E-state index is 0.0320. The summed E-state index contributed by atoms with van der Waals surface area (Å²) in [5.41, 5.74) is 6.01. The Morgan fingerprint density at radius 3 is 2.56 bits per heavy atom. The normalized spacial score (nSPS) is 27.9. The first-order chi connectivity index (χ1) is 7.59. The third kappa shape index (κ3) is 2.74. The molecule has 0 radical (unpaired) electrons. The molecule has 0 aromatic carbocycles. The zero-order chi connectivity index (χ0) is 12.2. The Morgan fingerprint density at radius 1 is 1.44 bits per heavy atom. The molecule has 1 aliphatic heterocycles. The molecule has 0 aromatic heterocycles. The average molecular weight is 229 g/mol. The lowest BCUT2D eigenvalue weighted by Crippen LogP contribution is -2.63. The first kappa shape index (κ1) is 13.9. The van der Waals surface area contributed by atoms with Gasteiger partial charge in [0.15, 0.2) is 0 Å². The minimum absolute atomic E-state index is 0.0320. The first-order valence-corrected chi connectivity index (χ1v) is 6.24. The summed E-state index contributed by atoms with van der Waals surface area (Å²) in [5.74, 6) is 0. The van der Waals surface area contributed by atoms with Crippen molar-refractivity contribution in [1.29, 1.82) is 0 Å². The quantitative estimate of drug-likeness (QED) is 0.740. The third-order valence-electron chi connectivity index (χ3n) is 4.08. The van der Waals surface area contributed by atoms with Crippen molar-refractivity contribution in [1.82, 2.24) is 9.80 Å². The highest BCUT2D eigenvalue weighted by molar-refractivity contribution is 4.94. The van der Waals surface area contributed by atoms with Crippen molar-refractivity contribution in [2.75, 3.05) is 46.9 Å². The highest BCUT2D eigenvalue weighted by Gasteiger charge is 2.37. The van der Waals surface area contributed by atoms with Gasteiger partial charge in [-0.2, -0.15) is 0 Å². The molecule has 1 saturated heterocycles. The van der Waals surface area contributed by atoms with E-state index in [0.29, 0.717) is 12.6 Å². The first-order valence-electron chi connectivity index (χ1n) is 6.24. The van der Waals surface area contributed by atoms with Crippen LogP contribution in [0.25, 0.3) is 0 Å². The molecule has 0 spiro atoms. The van der Waals surface area contributed by atoms with E-state index in [-0.39, 0.29) is 5.54 Å². The largest absolute Gasteiger partial charge is 0.383 e. The monoisotopic (exact) mass is 229 g/mol. The Labute approximate surface area is 99.7 Å². The van der Waals surface area contributed by atoms with Crippen LogP contribution in [0.3, 0.4) is 0 Å². The van der Waals surface area contributed by atoms with Crippen molar-refractivity contribution < 1.29 is 4.74 Å². The second kappa shape index (κ2) is 5.96. The predicted molar refractivity (Wildman–Crippen MR) is 67.6 cm³/mol. The highest BCUT2D eigenvalue weighted by Crippen LogP contribution is 2.22. The van der Waals surface area contributed by atoms with E-state index in [9.17, 15) is 0 Å². The van der Waals surface area contributed by atoms with Crippen molar-refractivity contribution in [2.24, 2.45) is 5.73 Å². The molecule has 96 valence electrons. The number of likely N-dealkylation sites (N-methyl/N-ethyl adjacent to an activating group) is 1. The summed E-state index contributed by atoms with van der Waals surface area (Å²) in [5, 5.41) is 0. The lowest BCUT2D eigenvalue weighted by Gasteiger charge is -2.48. The molecule has 2 N–H and O–H groups in total. The standard InChI is InChI=1S/C12H27N3O/c1-5-12(9-13,10-16-4)15-7-6-14(3)11(2)8-15/h11H,5-10,13H2,1-4H3. The molecule has 0 aliphatic carbocycles. The van der Waals surface area contributed by atoms with Crippen LogP contribution in [0.1, 0.15) is 20.3 Å². The molecular formula is C12H27N3O. The maximum atomic E-state index is 5.98. The van der Waals surface area contributed by atoms with E-state index in [1.807, 2.05) is 0 Å². The van der Waals surface area contributed by atoms with Gasteiger partial charge in [-0.05, 0) is 20.4 Å². The van der Waals surface area contributed by atoms with Crippen LogP contribution in [-0.2, 0) is 4.74 Å². The number of rotatable bonds is 5. The molecule has 0 amide bonds. The van der Waals surface area contributed by atoms with Gasteiger partial charge >= 0.3 is 0 Å². The molecule has 1 heterocycles. The molecule has 2 atom stereocenters. The van der Waals surface area contributed by atoms with Gasteiger partial charge in [0, 0.05) is 39.3 Å². The van der Waals surface area contributed by atoms with Crippen LogP contribution in [0.15, 0.2) is 0 Å². The second-order valence-electron chi connectivity index (χ2n) is 4.99. The second-order valence-corrected chi connectivity index (χ2v) is 4.99. The molecule has 4 nitrogen and oxygen atoms in total. The Bertz CT molecular complexity index is 206. The number of nitrogens with two attached hydrogens (primary N) is 1. The van der Waals surface area contributed by atoms with Crippen molar-refractivity contribution >= 4 is 0 Å². The van der Waals surface area contributed by atoms with Gasteiger partial charge in [-0.25, -0.2) is 0 Å². The summed E-state index contributed by atoms with van der Waals surface area (Å²) in [6, 6.07) is 0.600. The van der Waals surface area contributed by atoms with Crippen LogP contribution >= 0.6 is 0 Å². The Kier molecular flexibility index (Phi) is 5.18. The average Bonchev–Trinajstić information content (AvgIpc) is 2.30. The minimum Gasteiger partial charge on any atom is -0.383 e. The molecule has 1 fully saturated rings. The molecular weight excluding hydrogens is 202 g/mol. The van der Waals surface area contributed by atoms with Crippen molar-refractivity contribution in [2.45, 2.75) is 31.8 Å². The topological polar surface area (TPSA) is 41.7 Å².